The molecule has 10 nitrogen and oxygen atoms in total. The first kappa shape index (κ1) is 33.9. The standard InChI is InChI=1S/C29H31F5N4O6S2/c1-15-12-36(27(40)43-28(2,3)4)8-9-37(15)25-19-11-20(29(32,33)34)22(18-7-6-16(30)10-21(18)31)24-23(19)38(26(39)35-25)13-17(14-45-24)44-46(5,41)42/h6-7,10-11,15,17H,8-9,12-14H2,1-5H3/t15-,17-/m0/s1. The molecule has 0 aliphatic carbocycles. The number of amides is 1. The van der Waals surface area contributed by atoms with Crippen LogP contribution in [0.3, 0.4) is 0 Å². The van der Waals surface area contributed by atoms with Gasteiger partial charge in [-0.05, 0) is 45.9 Å². The van der Waals surface area contributed by atoms with Crippen LogP contribution in [-0.4, -0.2) is 78.4 Å². The minimum absolute atomic E-state index is 0.0342. The van der Waals surface area contributed by atoms with Gasteiger partial charge in [0, 0.05) is 58.9 Å². The van der Waals surface area contributed by atoms with Crippen molar-refractivity contribution in [3.8, 4) is 11.1 Å². The second-order valence-electron chi connectivity index (χ2n) is 12.2. The van der Waals surface area contributed by atoms with Crippen molar-refractivity contribution in [1.29, 1.82) is 0 Å². The van der Waals surface area contributed by atoms with Crippen LogP contribution in [0.4, 0.5) is 32.6 Å². The lowest BCUT2D eigenvalue weighted by Crippen LogP contribution is -2.55. The molecule has 2 atom stereocenters. The van der Waals surface area contributed by atoms with E-state index in [9.17, 15) is 35.6 Å². The predicted octanol–water partition coefficient (Wildman–Crippen LogP) is 5.26. The summed E-state index contributed by atoms with van der Waals surface area (Å²) in [5.41, 5.74) is -4.14. The molecule has 1 fully saturated rings. The third-order valence-corrected chi connectivity index (χ3v) is 9.21. The van der Waals surface area contributed by atoms with Gasteiger partial charge in [0.2, 0.25) is 0 Å². The summed E-state index contributed by atoms with van der Waals surface area (Å²) in [6.07, 6.45) is -6.00. The van der Waals surface area contributed by atoms with Gasteiger partial charge in [0.25, 0.3) is 10.1 Å². The zero-order valence-electron chi connectivity index (χ0n) is 25.4. The molecule has 0 bridgehead atoms. The van der Waals surface area contributed by atoms with Crippen molar-refractivity contribution in [3.63, 3.8) is 0 Å². The molecular formula is C29H31F5N4O6S2. The number of aromatic nitrogens is 2. The van der Waals surface area contributed by atoms with Gasteiger partial charge in [-0.1, -0.05) is 0 Å². The summed E-state index contributed by atoms with van der Waals surface area (Å²) in [5, 5.41) is -0.0988. The maximum atomic E-state index is 15.2. The number of thioether (sulfide) groups is 1. The summed E-state index contributed by atoms with van der Waals surface area (Å²) in [4.78, 5) is 33.4. The van der Waals surface area contributed by atoms with Gasteiger partial charge in [0.1, 0.15) is 29.2 Å². The fourth-order valence-electron chi connectivity index (χ4n) is 5.61. The van der Waals surface area contributed by atoms with E-state index in [2.05, 4.69) is 4.98 Å². The molecule has 5 rings (SSSR count). The normalized spacial score (nSPS) is 19.3. The number of alkyl halides is 3. The van der Waals surface area contributed by atoms with Crippen LogP contribution < -0.4 is 10.6 Å². The molecule has 3 aromatic rings. The van der Waals surface area contributed by atoms with Gasteiger partial charge in [-0.15, -0.1) is 11.8 Å². The van der Waals surface area contributed by atoms with Crippen LogP contribution >= 0.6 is 11.8 Å². The zero-order valence-corrected chi connectivity index (χ0v) is 27.1. The maximum Gasteiger partial charge on any atom is 0.417 e. The van der Waals surface area contributed by atoms with Crippen LogP contribution in [0.25, 0.3) is 22.0 Å². The summed E-state index contributed by atoms with van der Waals surface area (Å²) in [6, 6.07) is 2.42. The number of ether oxygens (including phenoxy) is 1. The molecule has 0 unspecified atom stereocenters. The SMILES string of the molecule is C[C@H]1CN(C(=O)OC(C)(C)C)CCN1c1nc(=O)n2c3c(c(-c4ccc(F)cc4F)c(C(F)(F)F)cc13)SC[C@@H](OS(C)(=O)=O)C2. The number of carbonyl (C=O) groups excluding carboxylic acids is 1. The van der Waals surface area contributed by atoms with Crippen molar-refractivity contribution >= 4 is 44.7 Å². The van der Waals surface area contributed by atoms with Crippen molar-refractivity contribution in [2.45, 2.75) is 63.1 Å². The lowest BCUT2D eigenvalue weighted by Gasteiger charge is -2.41. The summed E-state index contributed by atoms with van der Waals surface area (Å²) >= 11 is 0.765. The van der Waals surface area contributed by atoms with Crippen molar-refractivity contribution in [1.82, 2.24) is 14.5 Å². The predicted molar refractivity (Wildman–Crippen MR) is 161 cm³/mol. The Labute approximate surface area is 265 Å². The molecule has 2 aromatic carbocycles. The minimum Gasteiger partial charge on any atom is -0.444 e. The van der Waals surface area contributed by atoms with E-state index < -0.39 is 74.1 Å². The second-order valence-corrected chi connectivity index (χ2v) is 14.8. The molecule has 1 amide bonds. The molecular weight excluding hydrogens is 659 g/mol. The lowest BCUT2D eigenvalue weighted by molar-refractivity contribution is -0.137. The number of anilines is 1. The third kappa shape index (κ3) is 6.95. The van der Waals surface area contributed by atoms with Crippen LogP contribution in [0.1, 0.15) is 33.3 Å². The van der Waals surface area contributed by atoms with Crippen LogP contribution in [-0.2, 0) is 31.8 Å². The summed E-state index contributed by atoms with van der Waals surface area (Å²) in [5.74, 6) is -2.57. The Balaban J connectivity index is 1.75. The average molecular weight is 691 g/mol. The molecule has 2 aliphatic heterocycles. The van der Waals surface area contributed by atoms with Crippen molar-refractivity contribution in [3.05, 3.63) is 51.9 Å². The Morgan fingerprint density at radius 2 is 1.78 bits per heavy atom. The van der Waals surface area contributed by atoms with E-state index in [-0.39, 0.29) is 53.5 Å². The van der Waals surface area contributed by atoms with E-state index in [0.29, 0.717) is 6.07 Å². The summed E-state index contributed by atoms with van der Waals surface area (Å²) < 4.78 is 109. The number of hydrogen-bond acceptors (Lipinski definition) is 9. The molecule has 0 N–H and O–H groups in total. The molecule has 1 aromatic heterocycles. The fraction of sp³-hybridized carbons (Fsp3) is 0.483. The average Bonchev–Trinajstić information content (AvgIpc) is 3.09. The van der Waals surface area contributed by atoms with Gasteiger partial charge in [0.05, 0.1) is 23.9 Å². The van der Waals surface area contributed by atoms with Gasteiger partial charge in [-0.3, -0.25) is 8.75 Å². The largest absolute Gasteiger partial charge is 0.444 e. The van der Waals surface area contributed by atoms with Crippen molar-refractivity contribution in [2.75, 3.05) is 36.5 Å². The Hall–Kier alpha value is -3.44. The fourth-order valence-corrected chi connectivity index (χ4v) is 7.56. The van der Waals surface area contributed by atoms with Crippen molar-refractivity contribution in [2.24, 2.45) is 0 Å². The van der Waals surface area contributed by atoms with Gasteiger partial charge < -0.3 is 14.5 Å². The molecule has 46 heavy (non-hydrogen) atoms. The topological polar surface area (TPSA) is 111 Å². The highest BCUT2D eigenvalue weighted by molar-refractivity contribution is 7.99. The van der Waals surface area contributed by atoms with Crippen LogP contribution in [0.5, 0.6) is 0 Å². The number of piperazine rings is 1. The molecule has 1 saturated heterocycles. The maximum absolute atomic E-state index is 15.2. The molecule has 250 valence electrons. The summed E-state index contributed by atoms with van der Waals surface area (Å²) in [7, 11) is -4.05. The van der Waals surface area contributed by atoms with Crippen LogP contribution in [0.15, 0.2) is 34.0 Å². The first-order valence-corrected chi connectivity index (χ1v) is 16.9. The Morgan fingerprint density at radius 3 is 2.37 bits per heavy atom. The van der Waals surface area contributed by atoms with E-state index in [1.54, 1.807) is 32.6 Å². The van der Waals surface area contributed by atoms with Crippen LogP contribution in [0, 0.1) is 11.6 Å². The Morgan fingerprint density at radius 1 is 1.09 bits per heavy atom. The third-order valence-electron chi connectivity index (χ3n) is 7.37. The molecule has 0 spiro atoms. The van der Waals surface area contributed by atoms with Gasteiger partial charge in [-0.2, -0.15) is 26.6 Å². The summed E-state index contributed by atoms with van der Waals surface area (Å²) in [6.45, 7) is 6.79. The van der Waals surface area contributed by atoms with Gasteiger partial charge >= 0.3 is 18.0 Å². The highest BCUT2D eigenvalue weighted by atomic mass is 32.2. The monoisotopic (exact) mass is 690 g/mol. The molecule has 3 heterocycles. The number of halogens is 5. The number of carbonyl (C=O) groups is 1. The van der Waals surface area contributed by atoms with E-state index >= 15 is 4.39 Å². The molecule has 0 radical (unpaired) electrons. The molecule has 2 aliphatic rings. The van der Waals surface area contributed by atoms with E-state index in [1.807, 2.05) is 0 Å². The Bertz CT molecular complexity index is 1880. The minimum atomic E-state index is -5.05. The highest BCUT2D eigenvalue weighted by Gasteiger charge is 2.40. The van der Waals surface area contributed by atoms with E-state index in [0.717, 1.165) is 40.8 Å². The van der Waals surface area contributed by atoms with Crippen LogP contribution in [0.2, 0.25) is 0 Å². The van der Waals surface area contributed by atoms with E-state index in [1.165, 1.54) is 4.90 Å². The molecule has 17 heteroatoms. The molecule has 0 saturated carbocycles. The smallest absolute Gasteiger partial charge is 0.417 e. The van der Waals surface area contributed by atoms with Crippen molar-refractivity contribution < 1.29 is 44.1 Å². The Kier molecular flexibility index (Phi) is 8.83. The van der Waals surface area contributed by atoms with E-state index in [4.69, 9.17) is 8.92 Å². The number of rotatable bonds is 4. The first-order valence-electron chi connectivity index (χ1n) is 14.1. The number of nitrogens with zero attached hydrogens (tertiary/aromatic N) is 4. The zero-order chi connectivity index (χ0) is 33.9. The van der Waals surface area contributed by atoms with Gasteiger partial charge in [0.15, 0.2) is 0 Å². The number of benzene rings is 2. The second kappa shape index (κ2) is 12.0. The first-order chi connectivity index (χ1) is 21.2. The highest BCUT2D eigenvalue weighted by Crippen LogP contribution is 2.49. The quantitative estimate of drug-likeness (QED) is 0.268. The van der Waals surface area contributed by atoms with Gasteiger partial charge in [-0.25, -0.2) is 18.4 Å². The number of hydrogen-bond donors (Lipinski definition) is 0. The lowest BCUT2D eigenvalue weighted by atomic mass is 9.95.